The number of fused-ring (bicyclic) bond motifs is 1. The monoisotopic (exact) mass is 298 g/mol. The van der Waals surface area contributed by atoms with Crippen LogP contribution in [0, 0.1) is 0 Å². The zero-order chi connectivity index (χ0) is 12.7. The molecule has 0 amide bonds. The van der Waals surface area contributed by atoms with Crippen LogP contribution in [0.4, 0.5) is 0 Å². The number of hydrogen-bond acceptors (Lipinski definition) is 3. The van der Waals surface area contributed by atoms with Crippen LogP contribution >= 0.6 is 34.5 Å². The zero-order valence-electron chi connectivity index (χ0n) is 9.15. The Morgan fingerprint density at radius 3 is 2.78 bits per heavy atom. The summed E-state index contributed by atoms with van der Waals surface area (Å²) in [7, 11) is 0. The Hall–Kier alpha value is -1.03. The minimum absolute atomic E-state index is 0.112. The van der Waals surface area contributed by atoms with E-state index in [1.165, 1.54) is 11.3 Å². The van der Waals surface area contributed by atoms with E-state index in [0.717, 1.165) is 11.3 Å². The van der Waals surface area contributed by atoms with Gasteiger partial charge in [0.2, 0.25) is 5.78 Å². The zero-order valence-corrected chi connectivity index (χ0v) is 11.5. The lowest BCUT2D eigenvalue weighted by molar-refractivity contribution is 0.0825. The van der Waals surface area contributed by atoms with Crippen LogP contribution in [-0.2, 0) is 6.42 Å². The fourth-order valence-corrected chi connectivity index (χ4v) is 3.48. The van der Waals surface area contributed by atoms with E-state index in [-0.39, 0.29) is 5.78 Å². The predicted molar refractivity (Wildman–Crippen MR) is 73.2 cm³/mol. The Morgan fingerprint density at radius 2 is 2.11 bits per heavy atom. The molecule has 5 heteroatoms. The van der Waals surface area contributed by atoms with Gasteiger partial charge in [-0.3, -0.25) is 4.79 Å². The van der Waals surface area contributed by atoms with Crippen molar-refractivity contribution in [3.8, 4) is 5.75 Å². The molecule has 1 aromatic carbocycles. The summed E-state index contributed by atoms with van der Waals surface area (Å²) >= 11 is 13.0. The molecule has 0 saturated heterocycles. The van der Waals surface area contributed by atoms with Crippen LogP contribution in [0.5, 0.6) is 5.75 Å². The summed E-state index contributed by atoms with van der Waals surface area (Å²) in [4.78, 5) is 12.3. The highest BCUT2D eigenvalue weighted by atomic mass is 35.5. The van der Waals surface area contributed by atoms with Crippen molar-refractivity contribution in [1.29, 1.82) is 0 Å². The molecule has 1 aliphatic heterocycles. The molecule has 18 heavy (non-hydrogen) atoms. The van der Waals surface area contributed by atoms with Gasteiger partial charge in [0.1, 0.15) is 10.1 Å². The second-order valence-electron chi connectivity index (χ2n) is 4.02. The van der Waals surface area contributed by atoms with Crippen molar-refractivity contribution >= 4 is 40.3 Å². The van der Waals surface area contributed by atoms with Crippen molar-refractivity contribution < 1.29 is 9.53 Å². The van der Waals surface area contributed by atoms with Gasteiger partial charge in [0, 0.05) is 6.42 Å². The molecule has 2 nitrogen and oxygen atoms in total. The normalized spacial score (nSPS) is 17.3. The molecule has 0 aliphatic carbocycles. The Bertz CT molecular complexity index is 596. The van der Waals surface area contributed by atoms with Crippen LogP contribution in [0.25, 0.3) is 0 Å². The number of carbonyl (C=O) groups excluding carboxylic acids is 1. The number of benzene rings is 1. The minimum Gasteiger partial charge on any atom is -0.482 e. The number of thiophene rings is 1. The predicted octanol–water partition coefficient (Wildman–Crippen LogP) is 4.24. The second-order valence-corrected chi connectivity index (χ2v) is 6.31. The molecule has 0 saturated carbocycles. The molecular formula is C13H8Cl2O2S. The molecule has 0 fully saturated rings. The van der Waals surface area contributed by atoms with E-state index in [9.17, 15) is 4.79 Å². The smallest absolute Gasteiger partial charge is 0.206 e. The standard InChI is InChI=1S/C13H8Cl2O2S/c14-11-6-8(13(15)18-11)12(16)10-5-7-3-1-2-4-9(7)17-10/h1-4,6,10H,5H2. The Kier molecular flexibility index (Phi) is 3.06. The van der Waals surface area contributed by atoms with Crippen LogP contribution in [-0.4, -0.2) is 11.9 Å². The second kappa shape index (κ2) is 4.57. The Morgan fingerprint density at radius 1 is 1.33 bits per heavy atom. The van der Waals surface area contributed by atoms with E-state index < -0.39 is 6.10 Å². The fraction of sp³-hybridized carbons (Fsp3) is 0.154. The van der Waals surface area contributed by atoms with Crippen molar-refractivity contribution in [2.24, 2.45) is 0 Å². The Labute approximate surface area is 118 Å². The summed E-state index contributed by atoms with van der Waals surface area (Å²) < 4.78 is 6.57. The summed E-state index contributed by atoms with van der Waals surface area (Å²) in [5, 5.41) is 0. The van der Waals surface area contributed by atoms with Gasteiger partial charge in [-0.1, -0.05) is 41.4 Å². The topological polar surface area (TPSA) is 26.3 Å². The van der Waals surface area contributed by atoms with Gasteiger partial charge in [0.15, 0.2) is 6.10 Å². The lowest BCUT2D eigenvalue weighted by atomic mass is 10.0. The van der Waals surface area contributed by atoms with E-state index >= 15 is 0 Å². The van der Waals surface area contributed by atoms with Crippen LogP contribution in [0.3, 0.4) is 0 Å². The maximum absolute atomic E-state index is 12.3. The van der Waals surface area contributed by atoms with Gasteiger partial charge in [0.25, 0.3) is 0 Å². The summed E-state index contributed by atoms with van der Waals surface area (Å²) in [6.07, 6.45) is 0.0873. The third-order valence-corrected chi connectivity index (χ3v) is 4.35. The van der Waals surface area contributed by atoms with Crippen molar-refractivity contribution in [1.82, 2.24) is 0 Å². The van der Waals surface area contributed by atoms with E-state index in [4.69, 9.17) is 27.9 Å². The third-order valence-electron chi connectivity index (χ3n) is 2.86. The molecule has 0 bridgehead atoms. The number of Topliss-reactive ketones (excluding diaryl/α,β-unsaturated/α-hetero) is 1. The molecule has 0 spiro atoms. The van der Waals surface area contributed by atoms with Gasteiger partial charge in [-0.05, 0) is 17.7 Å². The van der Waals surface area contributed by atoms with E-state index in [0.29, 0.717) is 20.7 Å². The van der Waals surface area contributed by atoms with E-state index in [2.05, 4.69) is 0 Å². The van der Waals surface area contributed by atoms with Gasteiger partial charge in [-0.25, -0.2) is 0 Å². The molecule has 92 valence electrons. The van der Waals surface area contributed by atoms with Crippen LogP contribution < -0.4 is 4.74 Å². The number of ether oxygens (including phenoxy) is 1. The first kappa shape index (κ1) is 12.0. The average molecular weight is 299 g/mol. The number of carbonyl (C=O) groups is 1. The summed E-state index contributed by atoms with van der Waals surface area (Å²) in [6.45, 7) is 0. The van der Waals surface area contributed by atoms with Gasteiger partial charge in [-0.15, -0.1) is 11.3 Å². The molecule has 0 N–H and O–H groups in total. The first-order valence-corrected chi connectivity index (χ1v) is 6.96. The van der Waals surface area contributed by atoms with Crippen LogP contribution in [0.1, 0.15) is 15.9 Å². The van der Waals surface area contributed by atoms with Crippen molar-refractivity contribution in [2.45, 2.75) is 12.5 Å². The fourth-order valence-electron chi connectivity index (χ4n) is 2.01. The van der Waals surface area contributed by atoms with Gasteiger partial charge < -0.3 is 4.74 Å². The first-order chi connectivity index (χ1) is 8.65. The SMILES string of the molecule is O=C(c1cc(Cl)sc1Cl)C1Cc2ccccc2O1. The first-order valence-electron chi connectivity index (χ1n) is 5.39. The van der Waals surface area contributed by atoms with Crippen molar-refractivity contribution in [3.05, 3.63) is 50.1 Å². The largest absolute Gasteiger partial charge is 0.482 e. The third kappa shape index (κ3) is 2.03. The van der Waals surface area contributed by atoms with Crippen molar-refractivity contribution in [2.75, 3.05) is 0 Å². The van der Waals surface area contributed by atoms with Crippen LogP contribution in [0.2, 0.25) is 8.67 Å². The van der Waals surface area contributed by atoms with E-state index in [1.54, 1.807) is 6.07 Å². The number of para-hydroxylation sites is 1. The molecule has 0 radical (unpaired) electrons. The number of hydrogen-bond donors (Lipinski definition) is 0. The summed E-state index contributed by atoms with van der Waals surface area (Å²) in [5.41, 5.74) is 1.50. The van der Waals surface area contributed by atoms with Gasteiger partial charge in [0.05, 0.1) is 9.90 Å². The highest BCUT2D eigenvalue weighted by molar-refractivity contribution is 7.20. The molecule has 2 aromatic rings. The molecule has 1 unspecified atom stereocenters. The lowest BCUT2D eigenvalue weighted by Gasteiger charge is -2.08. The maximum Gasteiger partial charge on any atom is 0.206 e. The molecule has 1 atom stereocenters. The minimum atomic E-state index is -0.495. The number of halogens is 2. The molecule has 1 aliphatic rings. The molecule has 2 heterocycles. The molecule has 3 rings (SSSR count). The molecule has 1 aromatic heterocycles. The molecular weight excluding hydrogens is 291 g/mol. The number of ketones is 1. The highest BCUT2D eigenvalue weighted by Crippen LogP contribution is 2.35. The van der Waals surface area contributed by atoms with Gasteiger partial charge in [-0.2, -0.15) is 0 Å². The van der Waals surface area contributed by atoms with Crippen molar-refractivity contribution in [3.63, 3.8) is 0 Å². The lowest BCUT2D eigenvalue weighted by Crippen LogP contribution is -2.25. The van der Waals surface area contributed by atoms with Crippen LogP contribution in [0.15, 0.2) is 30.3 Å². The summed E-state index contributed by atoms with van der Waals surface area (Å²) in [5.74, 6) is 0.660. The maximum atomic E-state index is 12.3. The number of rotatable bonds is 2. The average Bonchev–Trinajstić information content (AvgIpc) is 2.91. The van der Waals surface area contributed by atoms with Gasteiger partial charge >= 0.3 is 0 Å². The summed E-state index contributed by atoms with van der Waals surface area (Å²) in [6, 6.07) is 9.25. The Balaban J connectivity index is 1.87. The quantitative estimate of drug-likeness (QED) is 0.775. The highest BCUT2D eigenvalue weighted by Gasteiger charge is 2.31. The van der Waals surface area contributed by atoms with E-state index in [1.807, 2.05) is 24.3 Å².